The molecule has 0 saturated carbocycles. The first-order valence-corrected chi connectivity index (χ1v) is 9.11. The summed E-state index contributed by atoms with van der Waals surface area (Å²) in [5, 5.41) is 4.18. The van der Waals surface area contributed by atoms with E-state index in [0.717, 1.165) is 42.7 Å². The molecule has 0 spiro atoms. The fraction of sp³-hybridized carbons (Fsp3) is 0.400. The lowest BCUT2D eigenvalue weighted by Crippen LogP contribution is -2.45. The van der Waals surface area contributed by atoms with E-state index < -0.39 is 0 Å². The fourth-order valence-corrected chi connectivity index (χ4v) is 3.56. The Balaban J connectivity index is 2.01. The predicted molar refractivity (Wildman–Crippen MR) is 102 cm³/mol. The minimum Gasteiger partial charge on any atom is -0.493 e. The summed E-state index contributed by atoms with van der Waals surface area (Å²) in [6.45, 7) is 6.56. The lowest BCUT2D eigenvalue weighted by molar-refractivity contribution is 0.198. The van der Waals surface area contributed by atoms with E-state index in [0.29, 0.717) is 6.61 Å². The molecule has 1 unspecified atom stereocenters. The molecule has 0 bridgehead atoms. The molecule has 134 valence electrons. The highest BCUT2D eigenvalue weighted by Crippen LogP contribution is 2.36. The lowest BCUT2D eigenvalue weighted by atomic mass is 9.96. The van der Waals surface area contributed by atoms with Crippen molar-refractivity contribution in [3.63, 3.8) is 0 Å². The molecule has 5 heteroatoms. The molecule has 1 saturated heterocycles. The van der Waals surface area contributed by atoms with Crippen LogP contribution in [0.15, 0.2) is 42.5 Å². The average Bonchev–Trinajstić information content (AvgIpc) is 2.64. The first kappa shape index (κ1) is 18.1. The van der Waals surface area contributed by atoms with Gasteiger partial charge in [0, 0.05) is 31.2 Å². The van der Waals surface area contributed by atoms with Crippen LogP contribution in [0.25, 0.3) is 0 Å². The summed E-state index contributed by atoms with van der Waals surface area (Å²) < 4.78 is 11.2. The topological polar surface area (TPSA) is 33.7 Å². The number of piperazine rings is 1. The zero-order valence-electron chi connectivity index (χ0n) is 14.8. The molecule has 2 aromatic rings. The van der Waals surface area contributed by atoms with Crippen LogP contribution in [0.1, 0.15) is 24.1 Å². The maximum Gasteiger partial charge on any atom is 0.161 e. The first-order valence-electron chi connectivity index (χ1n) is 8.74. The number of rotatable bonds is 6. The molecule has 1 aliphatic rings. The van der Waals surface area contributed by atoms with E-state index in [-0.39, 0.29) is 6.04 Å². The van der Waals surface area contributed by atoms with E-state index in [1.807, 2.05) is 25.1 Å². The summed E-state index contributed by atoms with van der Waals surface area (Å²) in [4.78, 5) is 2.48. The molecule has 4 nitrogen and oxygen atoms in total. The van der Waals surface area contributed by atoms with Gasteiger partial charge >= 0.3 is 0 Å². The molecule has 0 aliphatic carbocycles. The molecule has 1 heterocycles. The summed E-state index contributed by atoms with van der Waals surface area (Å²) >= 11 is 6.26. The van der Waals surface area contributed by atoms with Crippen LogP contribution in [-0.4, -0.2) is 44.8 Å². The molecule has 3 rings (SSSR count). The van der Waals surface area contributed by atoms with E-state index in [1.54, 1.807) is 7.11 Å². The van der Waals surface area contributed by atoms with Crippen molar-refractivity contribution in [2.45, 2.75) is 13.0 Å². The Morgan fingerprint density at radius 2 is 1.84 bits per heavy atom. The second-order valence-corrected chi connectivity index (χ2v) is 6.52. The van der Waals surface area contributed by atoms with E-state index >= 15 is 0 Å². The summed E-state index contributed by atoms with van der Waals surface area (Å²) in [6, 6.07) is 14.5. The van der Waals surface area contributed by atoms with Crippen molar-refractivity contribution >= 4 is 11.6 Å². The van der Waals surface area contributed by atoms with Gasteiger partial charge < -0.3 is 14.8 Å². The van der Waals surface area contributed by atoms with Gasteiger partial charge in [-0.3, -0.25) is 4.90 Å². The smallest absolute Gasteiger partial charge is 0.161 e. The number of benzene rings is 2. The zero-order valence-corrected chi connectivity index (χ0v) is 15.6. The van der Waals surface area contributed by atoms with Gasteiger partial charge in [-0.05, 0) is 42.3 Å². The Morgan fingerprint density at radius 1 is 1.08 bits per heavy atom. The van der Waals surface area contributed by atoms with Gasteiger partial charge in [-0.1, -0.05) is 29.8 Å². The third-order valence-electron chi connectivity index (χ3n) is 4.48. The molecule has 1 aliphatic heterocycles. The minimum absolute atomic E-state index is 0.144. The Hall–Kier alpha value is -1.75. The molecule has 0 aromatic heterocycles. The number of methoxy groups -OCH3 is 1. The Bertz CT molecular complexity index is 702. The Morgan fingerprint density at radius 3 is 2.52 bits per heavy atom. The second-order valence-electron chi connectivity index (χ2n) is 6.09. The van der Waals surface area contributed by atoms with Gasteiger partial charge in [0.15, 0.2) is 11.5 Å². The fourth-order valence-electron chi connectivity index (χ4n) is 3.36. The second kappa shape index (κ2) is 8.56. The average molecular weight is 361 g/mol. The molecule has 2 aromatic carbocycles. The Kier molecular flexibility index (Phi) is 6.19. The number of nitrogens with one attached hydrogen (secondary N) is 1. The molecule has 1 fully saturated rings. The molecular weight excluding hydrogens is 336 g/mol. The monoisotopic (exact) mass is 360 g/mol. The number of ether oxygens (including phenoxy) is 2. The first-order chi connectivity index (χ1) is 12.2. The van der Waals surface area contributed by atoms with Crippen molar-refractivity contribution in [3.05, 3.63) is 58.6 Å². The molecular formula is C20H25ClN2O2. The van der Waals surface area contributed by atoms with Gasteiger partial charge in [-0.2, -0.15) is 0 Å². The largest absolute Gasteiger partial charge is 0.493 e. The molecule has 1 atom stereocenters. The summed E-state index contributed by atoms with van der Waals surface area (Å²) in [6.07, 6.45) is 0. The summed E-state index contributed by atoms with van der Waals surface area (Å²) in [5.74, 6) is 1.54. The normalized spacial score (nSPS) is 16.4. The maximum absolute atomic E-state index is 6.26. The van der Waals surface area contributed by atoms with Gasteiger partial charge in [0.25, 0.3) is 0 Å². The van der Waals surface area contributed by atoms with Crippen LogP contribution >= 0.6 is 11.6 Å². The molecule has 1 N–H and O–H groups in total. The van der Waals surface area contributed by atoms with E-state index in [4.69, 9.17) is 21.1 Å². The van der Waals surface area contributed by atoms with Gasteiger partial charge in [0.2, 0.25) is 0 Å². The highest BCUT2D eigenvalue weighted by atomic mass is 35.5. The standard InChI is InChI=1S/C20H25ClN2O2/c1-3-25-18-8-7-16(14-19(18)24-2)20(23-11-9-22-10-12-23)15-5-4-6-17(21)13-15/h4-8,13-14,20,22H,3,9-12H2,1-2H3. The van der Waals surface area contributed by atoms with Crippen molar-refractivity contribution in [2.24, 2.45) is 0 Å². The van der Waals surface area contributed by atoms with Gasteiger partial charge in [0.05, 0.1) is 19.8 Å². The third kappa shape index (κ3) is 4.27. The number of hydrogen-bond donors (Lipinski definition) is 1. The van der Waals surface area contributed by atoms with Crippen molar-refractivity contribution < 1.29 is 9.47 Å². The molecule has 0 amide bonds. The van der Waals surface area contributed by atoms with E-state index in [2.05, 4.69) is 34.5 Å². The van der Waals surface area contributed by atoms with Crippen molar-refractivity contribution in [1.82, 2.24) is 10.2 Å². The van der Waals surface area contributed by atoms with Crippen LogP contribution < -0.4 is 14.8 Å². The highest BCUT2D eigenvalue weighted by Gasteiger charge is 2.25. The van der Waals surface area contributed by atoms with Crippen LogP contribution in [0, 0.1) is 0 Å². The SMILES string of the molecule is CCOc1ccc(C(c2cccc(Cl)c2)N2CCNCC2)cc1OC. The van der Waals surface area contributed by atoms with Gasteiger partial charge in [-0.25, -0.2) is 0 Å². The van der Waals surface area contributed by atoms with Crippen LogP contribution in [0.5, 0.6) is 11.5 Å². The van der Waals surface area contributed by atoms with Gasteiger partial charge in [-0.15, -0.1) is 0 Å². The van der Waals surface area contributed by atoms with Crippen molar-refractivity contribution in [1.29, 1.82) is 0 Å². The minimum atomic E-state index is 0.144. The zero-order chi connectivity index (χ0) is 17.6. The molecule has 25 heavy (non-hydrogen) atoms. The summed E-state index contributed by atoms with van der Waals surface area (Å²) in [7, 11) is 1.68. The lowest BCUT2D eigenvalue weighted by Gasteiger charge is -2.36. The third-order valence-corrected chi connectivity index (χ3v) is 4.72. The summed E-state index contributed by atoms with van der Waals surface area (Å²) in [5.41, 5.74) is 2.38. The maximum atomic E-state index is 6.26. The highest BCUT2D eigenvalue weighted by molar-refractivity contribution is 6.30. The number of halogens is 1. The van der Waals surface area contributed by atoms with Gasteiger partial charge in [0.1, 0.15) is 0 Å². The van der Waals surface area contributed by atoms with Crippen LogP contribution in [-0.2, 0) is 0 Å². The van der Waals surface area contributed by atoms with Crippen LogP contribution in [0.3, 0.4) is 0 Å². The predicted octanol–water partition coefficient (Wildman–Crippen LogP) is 3.74. The van der Waals surface area contributed by atoms with Crippen molar-refractivity contribution in [2.75, 3.05) is 39.9 Å². The van der Waals surface area contributed by atoms with Crippen LogP contribution in [0.2, 0.25) is 5.02 Å². The number of hydrogen-bond acceptors (Lipinski definition) is 4. The van der Waals surface area contributed by atoms with Crippen LogP contribution in [0.4, 0.5) is 0 Å². The molecule has 0 radical (unpaired) electrons. The Labute approximate surface area is 154 Å². The number of nitrogens with zero attached hydrogens (tertiary/aromatic N) is 1. The quantitative estimate of drug-likeness (QED) is 0.850. The van der Waals surface area contributed by atoms with E-state index in [1.165, 1.54) is 11.1 Å². The van der Waals surface area contributed by atoms with Crippen molar-refractivity contribution in [3.8, 4) is 11.5 Å². The van der Waals surface area contributed by atoms with E-state index in [9.17, 15) is 0 Å².